The summed E-state index contributed by atoms with van der Waals surface area (Å²) in [7, 11) is 0. The van der Waals surface area contributed by atoms with Crippen LogP contribution in [0.2, 0.25) is 0 Å². The van der Waals surface area contributed by atoms with Crippen LogP contribution in [0.15, 0.2) is 28.8 Å². The molecule has 0 unspecified atom stereocenters. The summed E-state index contributed by atoms with van der Waals surface area (Å²) in [5.74, 6) is 0.622. The van der Waals surface area contributed by atoms with Crippen LogP contribution >= 0.6 is 0 Å². The normalized spacial score (nSPS) is 14.0. The molecule has 1 aliphatic rings. The number of nitrogens with zero attached hydrogens (tertiary/aromatic N) is 2. The molecule has 1 saturated carbocycles. The van der Waals surface area contributed by atoms with Crippen LogP contribution in [0.3, 0.4) is 0 Å². The molecular weight excluding hydrogens is 295 g/mol. The van der Waals surface area contributed by atoms with Crippen molar-refractivity contribution < 1.29 is 13.7 Å². The highest BCUT2D eigenvalue weighted by Gasteiger charge is 2.32. The zero-order valence-corrected chi connectivity index (χ0v) is 13.5. The molecule has 0 radical (unpaired) electrons. The minimum absolute atomic E-state index is 0.108. The smallest absolute Gasteiger partial charge is 0.223 e. The molecule has 0 aliphatic heterocycles. The Bertz CT molecular complexity index is 687. The van der Waals surface area contributed by atoms with Crippen LogP contribution in [0.25, 0.3) is 0 Å². The van der Waals surface area contributed by atoms with Crippen molar-refractivity contribution in [1.82, 2.24) is 10.1 Å². The Morgan fingerprint density at radius 1 is 1.39 bits per heavy atom. The van der Waals surface area contributed by atoms with Gasteiger partial charge in [0.15, 0.2) is 0 Å². The van der Waals surface area contributed by atoms with Crippen molar-refractivity contribution in [2.24, 2.45) is 0 Å². The van der Waals surface area contributed by atoms with E-state index in [4.69, 9.17) is 4.52 Å². The lowest BCUT2D eigenvalue weighted by Gasteiger charge is -2.22. The molecule has 1 aromatic carbocycles. The lowest BCUT2D eigenvalue weighted by molar-refractivity contribution is -0.132. The fourth-order valence-corrected chi connectivity index (χ4v) is 2.87. The standard InChI is InChI=1S/C18H21FN2O2/c1-12-17(13(2)23-20-12)8-9-18(22)21(16-6-7-16)11-14-4-3-5-15(19)10-14/h3-5,10,16H,6-9,11H2,1-2H3. The van der Waals surface area contributed by atoms with Gasteiger partial charge in [-0.3, -0.25) is 4.79 Å². The van der Waals surface area contributed by atoms with Crippen LogP contribution in [0.1, 0.15) is 41.8 Å². The first-order valence-corrected chi connectivity index (χ1v) is 8.00. The molecular formula is C18H21FN2O2. The number of aromatic nitrogens is 1. The molecule has 1 heterocycles. The molecule has 4 nitrogen and oxygen atoms in total. The largest absolute Gasteiger partial charge is 0.361 e. The molecule has 0 saturated heterocycles. The van der Waals surface area contributed by atoms with Crippen molar-refractivity contribution in [3.8, 4) is 0 Å². The minimum Gasteiger partial charge on any atom is -0.361 e. The molecule has 1 fully saturated rings. The van der Waals surface area contributed by atoms with Crippen LogP contribution < -0.4 is 0 Å². The fourth-order valence-electron chi connectivity index (χ4n) is 2.87. The molecule has 0 atom stereocenters. The van der Waals surface area contributed by atoms with E-state index >= 15 is 0 Å². The van der Waals surface area contributed by atoms with Gasteiger partial charge in [-0.1, -0.05) is 17.3 Å². The molecule has 1 amide bonds. The molecule has 0 N–H and O–H groups in total. The summed E-state index contributed by atoms with van der Waals surface area (Å²) < 4.78 is 18.5. The van der Waals surface area contributed by atoms with E-state index in [1.807, 2.05) is 24.8 Å². The first kappa shape index (κ1) is 15.7. The van der Waals surface area contributed by atoms with Gasteiger partial charge in [0.25, 0.3) is 0 Å². The van der Waals surface area contributed by atoms with E-state index in [1.54, 1.807) is 6.07 Å². The number of carbonyl (C=O) groups is 1. The number of rotatable bonds is 6. The first-order valence-electron chi connectivity index (χ1n) is 8.00. The second-order valence-electron chi connectivity index (χ2n) is 6.19. The lowest BCUT2D eigenvalue weighted by atomic mass is 10.1. The number of benzene rings is 1. The van der Waals surface area contributed by atoms with E-state index in [0.717, 1.165) is 35.4 Å². The molecule has 1 aliphatic carbocycles. The third-order valence-electron chi connectivity index (χ3n) is 4.32. The van der Waals surface area contributed by atoms with Gasteiger partial charge in [-0.25, -0.2) is 4.39 Å². The maximum atomic E-state index is 13.3. The predicted octanol–water partition coefficient (Wildman–Crippen LogP) is 3.55. The zero-order valence-electron chi connectivity index (χ0n) is 13.5. The van der Waals surface area contributed by atoms with E-state index in [2.05, 4.69) is 5.16 Å². The van der Waals surface area contributed by atoms with E-state index in [-0.39, 0.29) is 11.7 Å². The lowest BCUT2D eigenvalue weighted by Crippen LogP contribution is -2.32. The summed E-state index contributed by atoms with van der Waals surface area (Å²) in [6.07, 6.45) is 3.12. The number of aryl methyl sites for hydroxylation is 2. The molecule has 5 heteroatoms. The SMILES string of the molecule is Cc1noc(C)c1CCC(=O)N(Cc1cccc(F)c1)C1CC1. The van der Waals surface area contributed by atoms with Gasteiger partial charge in [0.05, 0.1) is 5.69 Å². The summed E-state index contributed by atoms with van der Waals surface area (Å²) in [6, 6.07) is 6.76. The highest BCUT2D eigenvalue weighted by Crippen LogP contribution is 2.29. The third-order valence-corrected chi connectivity index (χ3v) is 4.32. The molecule has 0 bridgehead atoms. The van der Waals surface area contributed by atoms with E-state index in [0.29, 0.717) is 25.4 Å². The summed E-state index contributed by atoms with van der Waals surface area (Å²) in [6.45, 7) is 4.23. The summed E-state index contributed by atoms with van der Waals surface area (Å²) in [5, 5.41) is 3.92. The average Bonchev–Trinajstić information content (AvgIpc) is 3.30. The maximum absolute atomic E-state index is 13.3. The zero-order chi connectivity index (χ0) is 16.4. The van der Waals surface area contributed by atoms with Crippen LogP contribution in [0, 0.1) is 19.7 Å². The van der Waals surface area contributed by atoms with E-state index < -0.39 is 0 Å². The van der Waals surface area contributed by atoms with Gasteiger partial charge < -0.3 is 9.42 Å². The Morgan fingerprint density at radius 2 is 2.17 bits per heavy atom. The van der Waals surface area contributed by atoms with E-state index in [1.165, 1.54) is 12.1 Å². The van der Waals surface area contributed by atoms with Gasteiger partial charge in [0, 0.05) is 24.6 Å². The monoisotopic (exact) mass is 316 g/mol. The Morgan fingerprint density at radius 3 is 2.78 bits per heavy atom. The highest BCUT2D eigenvalue weighted by molar-refractivity contribution is 5.77. The highest BCUT2D eigenvalue weighted by atomic mass is 19.1. The Balaban J connectivity index is 1.65. The van der Waals surface area contributed by atoms with Gasteiger partial charge in [0.2, 0.25) is 5.91 Å². The molecule has 0 spiro atoms. The van der Waals surface area contributed by atoms with Gasteiger partial charge >= 0.3 is 0 Å². The third kappa shape index (κ3) is 3.78. The van der Waals surface area contributed by atoms with Gasteiger partial charge in [0.1, 0.15) is 11.6 Å². The van der Waals surface area contributed by atoms with Crippen molar-refractivity contribution in [2.45, 2.75) is 52.1 Å². The van der Waals surface area contributed by atoms with Gasteiger partial charge in [-0.15, -0.1) is 0 Å². The van der Waals surface area contributed by atoms with Crippen LogP contribution in [0.4, 0.5) is 4.39 Å². The van der Waals surface area contributed by atoms with Crippen molar-refractivity contribution in [3.63, 3.8) is 0 Å². The minimum atomic E-state index is -0.263. The molecule has 2 aromatic rings. The van der Waals surface area contributed by atoms with Crippen LogP contribution in [-0.2, 0) is 17.8 Å². The quantitative estimate of drug-likeness (QED) is 0.818. The van der Waals surface area contributed by atoms with Crippen LogP contribution in [-0.4, -0.2) is 22.0 Å². The summed E-state index contributed by atoms with van der Waals surface area (Å²) >= 11 is 0. The molecule has 3 rings (SSSR count). The average molecular weight is 316 g/mol. The Hall–Kier alpha value is -2.17. The Kier molecular flexibility index (Phi) is 4.46. The van der Waals surface area contributed by atoms with E-state index in [9.17, 15) is 9.18 Å². The number of amides is 1. The summed E-state index contributed by atoms with van der Waals surface area (Å²) in [4.78, 5) is 14.5. The second kappa shape index (κ2) is 6.52. The van der Waals surface area contributed by atoms with Crippen molar-refractivity contribution in [2.75, 3.05) is 0 Å². The maximum Gasteiger partial charge on any atom is 0.223 e. The number of hydrogen-bond donors (Lipinski definition) is 0. The van der Waals surface area contributed by atoms with Crippen molar-refractivity contribution >= 4 is 5.91 Å². The summed E-state index contributed by atoms with van der Waals surface area (Å²) in [5.41, 5.74) is 2.70. The van der Waals surface area contributed by atoms with Crippen molar-refractivity contribution in [1.29, 1.82) is 0 Å². The van der Waals surface area contributed by atoms with Gasteiger partial charge in [-0.2, -0.15) is 0 Å². The van der Waals surface area contributed by atoms with Gasteiger partial charge in [-0.05, 0) is 50.8 Å². The fraction of sp³-hybridized carbons (Fsp3) is 0.444. The predicted molar refractivity (Wildman–Crippen MR) is 84.3 cm³/mol. The molecule has 1 aromatic heterocycles. The number of halogens is 1. The molecule has 23 heavy (non-hydrogen) atoms. The first-order chi connectivity index (χ1) is 11.0. The van der Waals surface area contributed by atoms with Crippen molar-refractivity contribution in [3.05, 3.63) is 52.7 Å². The number of hydrogen-bond acceptors (Lipinski definition) is 3. The molecule has 122 valence electrons. The second-order valence-corrected chi connectivity index (χ2v) is 6.19. The van der Waals surface area contributed by atoms with Crippen LogP contribution in [0.5, 0.6) is 0 Å². The number of carbonyl (C=O) groups excluding carboxylic acids is 1. The topological polar surface area (TPSA) is 46.3 Å². The Labute approximate surface area is 135 Å².